The third-order valence-corrected chi connectivity index (χ3v) is 5.95. The third kappa shape index (κ3) is 7.28. The Hall–Kier alpha value is -4.60. The van der Waals surface area contributed by atoms with Gasteiger partial charge in [-0.25, -0.2) is 14.4 Å². The first-order valence-electron chi connectivity index (χ1n) is 12.6. The van der Waals surface area contributed by atoms with Gasteiger partial charge in [-0.05, 0) is 42.8 Å². The zero-order valence-electron chi connectivity index (χ0n) is 21.5. The van der Waals surface area contributed by atoms with Gasteiger partial charge in [0.05, 0.1) is 23.3 Å². The number of hydrogen-bond donors (Lipinski definition) is 0. The van der Waals surface area contributed by atoms with Crippen molar-refractivity contribution in [3.63, 3.8) is 0 Å². The molecule has 4 rings (SSSR count). The second kappa shape index (κ2) is 14.0. The summed E-state index contributed by atoms with van der Waals surface area (Å²) in [5.41, 5.74) is 0.677. The lowest BCUT2D eigenvalue weighted by Gasteiger charge is -2.39. The van der Waals surface area contributed by atoms with Crippen LogP contribution in [0, 0.1) is 0 Å². The van der Waals surface area contributed by atoms with E-state index in [1.54, 1.807) is 72.8 Å². The molecule has 9 heteroatoms. The Morgan fingerprint density at radius 3 is 1.77 bits per heavy atom. The van der Waals surface area contributed by atoms with Crippen molar-refractivity contribution in [3.8, 4) is 0 Å². The molecule has 4 atom stereocenters. The normalized spacial score (nSPS) is 20.2. The standard InChI is InChI=1S/C31H28O9/c1-2-3-19-36-31-25(32)27(40-30(35)23-17-11-6-12-18-23)26(39-29(34)22-15-9-5-10-16-22)24(38-31)20-37-28(33)21-13-7-4-8-14-21/h2,4-18,24,26-27,31H,1,3,19-20H2/t24-,26-,27-,31-/m1/s1. The highest BCUT2D eigenvalue weighted by molar-refractivity contribution is 5.95. The number of Topliss-reactive ketones (excluding diaryl/α,β-unsaturated/α-hetero) is 1. The van der Waals surface area contributed by atoms with Crippen LogP contribution in [0.25, 0.3) is 0 Å². The number of rotatable bonds is 11. The summed E-state index contributed by atoms with van der Waals surface area (Å²) in [6, 6.07) is 24.4. The van der Waals surface area contributed by atoms with Crippen LogP contribution >= 0.6 is 0 Å². The molecule has 0 aromatic heterocycles. The SMILES string of the molecule is C=CCCO[C@@H]1O[C@H](COC(=O)c2ccccc2)[C@@H](OC(=O)c2ccccc2)[C@H](OC(=O)c2ccccc2)C1=O. The van der Waals surface area contributed by atoms with Gasteiger partial charge in [0.15, 0.2) is 6.10 Å². The van der Waals surface area contributed by atoms with E-state index in [2.05, 4.69) is 6.58 Å². The van der Waals surface area contributed by atoms with Gasteiger partial charge in [-0.15, -0.1) is 6.58 Å². The van der Waals surface area contributed by atoms with E-state index < -0.39 is 54.9 Å². The topological polar surface area (TPSA) is 114 Å². The van der Waals surface area contributed by atoms with E-state index in [-0.39, 0.29) is 23.3 Å². The van der Waals surface area contributed by atoms with Gasteiger partial charge < -0.3 is 23.7 Å². The van der Waals surface area contributed by atoms with Crippen LogP contribution in [0.3, 0.4) is 0 Å². The maximum atomic E-state index is 13.5. The van der Waals surface area contributed by atoms with Crippen LogP contribution < -0.4 is 0 Å². The molecule has 1 heterocycles. The van der Waals surface area contributed by atoms with Crippen molar-refractivity contribution in [1.82, 2.24) is 0 Å². The van der Waals surface area contributed by atoms with Crippen LogP contribution in [0.5, 0.6) is 0 Å². The van der Waals surface area contributed by atoms with Gasteiger partial charge in [0.25, 0.3) is 0 Å². The lowest BCUT2D eigenvalue weighted by molar-refractivity contribution is -0.239. The monoisotopic (exact) mass is 544 g/mol. The maximum absolute atomic E-state index is 13.5. The Bertz CT molecular complexity index is 1310. The Balaban J connectivity index is 1.63. The molecule has 0 unspecified atom stereocenters. The Kier molecular flexibility index (Phi) is 9.93. The number of ketones is 1. The number of benzene rings is 3. The molecule has 3 aromatic rings. The molecule has 40 heavy (non-hydrogen) atoms. The predicted molar refractivity (Wildman–Crippen MR) is 142 cm³/mol. The van der Waals surface area contributed by atoms with Crippen LogP contribution in [-0.4, -0.2) is 61.5 Å². The molecule has 0 radical (unpaired) electrons. The van der Waals surface area contributed by atoms with Crippen LogP contribution in [0.15, 0.2) is 104 Å². The zero-order chi connectivity index (χ0) is 28.3. The van der Waals surface area contributed by atoms with Gasteiger partial charge in [-0.3, -0.25) is 4.79 Å². The van der Waals surface area contributed by atoms with E-state index in [0.29, 0.717) is 6.42 Å². The summed E-state index contributed by atoms with van der Waals surface area (Å²) in [5.74, 6) is -3.01. The van der Waals surface area contributed by atoms with Crippen molar-refractivity contribution >= 4 is 23.7 Å². The van der Waals surface area contributed by atoms with Crippen molar-refractivity contribution in [3.05, 3.63) is 120 Å². The lowest BCUT2D eigenvalue weighted by atomic mass is 9.99. The summed E-state index contributed by atoms with van der Waals surface area (Å²) < 4.78 is 28.2. The number of carbonyl (C=O) groups excluding carboxylic acids is 4. The molecule has 0 bridgehead atoms. The highest BCUT2D eigenvalue weighted by atomic mass is 16.7. The first kappa shape index (κ1) is 28.4. The van der Waals surface area contributed by atoms with Crippen molar-refractivity contribution in [2.45, 2.75) is 31.0 Å². The maximum Gasteiger partial charge on any atom is 0.338 e. The average Bonchev–Trinajstić information content (AvgIpc) is 3.00. The third-order valence-electron chi connectivity index (χ3n) is 5.95. The largest absolute Gasteiger partial charge is 0.459 e. The van der Waals surface area contributed by atoms with Crippen molar-refractivity contribution < 1.29 is 42.9 Å². The summed E-state index contributed by atoms with van der Waals surface area (Å²) in [6.07, 6.45) is -3.72. The number of hydrogen-bond acceptors (Lipinski definition) is 9. The minimum Gasteiger partial charge on any atom is -0.459 e. The molecule has 1 aliphatic heterocycles. The van der Waals surface area contributed by atoms with Gasteiger partial charge in [0.2, 0.25) is 18.2 Å². The molecule has 1 aliphatic rings. The van der Waals surface area contributed by atoms with E-state index >= 15 is 0 Å². The highest BCUT2D eigenvalue weighted by Crippen LogP contribution is 2.27. The number of esters is 3. The molecule has 0 spiro atoms. The minimum absolute atomic E-state index is 0.0876. The van der Waals surface area contributed by atoms with Crippen molar-refractivity contribution in [2.24, 2.45) is 0 Å². The van der Waals surface area contributed by atoms with Crippen LogP contribution in [0.2, 0.25) is 0 Å². The quantitative estimate of drug-likeness (QED) is 0.152. The second-order valence-corrected chi connectivity index (χ2v) is 8.75. The molecule has 0 N–H and O–H groups in total. The van der Waals surface area contributed by atoms with Crippen molar-refractivity contribution in [2.75, 3.05) is 13.2 Å². The summed E-state index contributed by atoms with van der Waals surface area (Å²) in [6.45, 7) is 3.29. The fourth-order valence-electron chi connectivity index (χ4n) is 3.91. The van der Waals surface area contributed by atoms with E-state index in [4.69, 9.17) is 23.7 Å². The van der Waals surface area contributed by atoms with Crippen molar-refractivity contribution in [1.29, 1.82) is 0 Å². The van der Waals surface area contributed by atoms with Gasteiger partial charge in [0.1, 0.15) is 12.7 Å². The van der Waals surface area contributed by atoms with Crippen LogP contribution in [0.1, 0.15) is 37.5 Å². The van der Waals surface area contributed by atoms with E-state index in [9.17, 15) is 19.2 Å². The first-order chi connectivity index (χ1) is 19.5. The first-order valence-corrected chi connectivity index (χ1v) is 12.6. The predicted octanol–water partition coefficient (Wildman–Crippen LogP) is 4.18. The van der Waals surface area contributed by atoms with Crippen LogP contribution in [-0.2, 0) is 28.5 Å². The molecular formula is C31H28O9. The molecule has 9 nitrogen and oxygen atoms in total. The van der Waals surface area contributed by atoms with Gasteiger partial charge in [-0.2, -0.15) is 0 Å². The summed E-state index contributed by atoms with van der Waals surface area (Å²) in [4.78, 5) is 52.2. The summed E-state index contributed by atoms with van der Waals surface area (Å²) in [5, 5.41) is 0. The van der Waals surface area contributed by atoms with E-state index in [0.717, 1.165) is 0 Å². The Morgan fingerprint density at radius 1 is 0.750 bits per heavy atom. The summed E-state index contributed by atoms with van der Waals surface area (Å²) >= 11 is 0. The fraction of sp³-hybridized carbons (Fsp3) is 0.226. The average molecular weight is 545 g/mol. The van der Waals surface area contributed by atoms with Gasteiger partial charge in [0, 0.05) is 0 Å². The van der Waals surface area contributed by atoms with Crippen LogP contribution in [0.4, 0.5) is 0 Å². The lowest BCUT2D eigenvalue weighted by Crippen LogP contribution is -2.60. The van der Waals surface area contributed by atoms with E-state index in [1.807, 2.05) is 0 Å². The Morgan fingerprint density at radius 2 is 1.25 bits per heavy atom. The smallest absolute Gasteiger partial charge is 0.338 e. The summed E-state index contributed by atoms with van der Waals surface area (Å²) in [7, 11) is 0. The minimum atomic E-state index is -1.61. The molecule has 3 aromatic carbocycles. The molecular weight excluding hydrogens is 516 g/mol. The molecule has 0 amide bonds. The zero-order valence-corrected chi connectivity index (χ0v) is 21.5. The Labute approximate surface area is 231 Å². The highest BCUT2D eigenvalue weighted by Gasteiger charge is 2.51. The molecule has 0 saturated carbocycles. The number of carbonyl (C=O) groups is 4. The fourth-order valence-corrected chi connectivity index (χ4v) is 3.91. The second-order valence-electron chi connectivity index (χ2n) is 8.75. The van der Waals surface area contributed by atoms with Gasteiger partial charge >= 0.3 is 17.9 Å². The molecule has 0 aliphatic carbocycles. The molecule has 1 saturated heterocycles. The molecule has 206 valence electrons. The molecule has 1 fully saturated rings. The van der Waals surface area contributed by atoms with Gasteiger partial charge in [-0.1, -0.05) is 60.7 Å². The van der Waals surface area contributed by atoms with E-state index in [1.165, 1.54) is 24.3 Å². The number of ether oxygens (including phenoxy) is 5.